The van der Waals surface area contributed by atoms with E-state index >= 15 is 0 Å². The largest absolute Gasteiger partial charge is 0.510 e. The third-order valence-corrected chi connectivity index (χ3v) is 6.75. The van der Waals surface area contributed by atoms with Crippen LogP contribution in [0.15, 0.2) is 48.5 Å². The van der Waals surface area contributed by atoms with Crippen molar-refractivity contribution in [2.75, 3.05) is 18.6 Å². The molecule has 0 saturated heterocycles. The molecule has 0 saturated carbocycles. The fraction of sp³-hybridized carbons (Fsp3) is 0.231. The Morgan fingerprint density at radius 3 is 1.91 bits per heavy atom. The minimum atomic E-state index is -5.51. The van der Waals surface area contributed by atoms with Gasteiger partial charge in [-0.05, 0) is 48.6 Å². The number of aromatic carboxylic acids is 1. The summed E-state index contributed by atoms with van der Waals surface area (Å²) in [5.41, 5.74) is 2.05. The molecule has 0 bridgehead atoms. The molecule has 0 aliphatic heterocycles. The normalized spacial score (nSPS) is 12.8. The van der Waals surface area contributed by atoms with E-state index in [2.05, 4.69) is 0 Å². The minimum Gasteiger partial charge on any atom is -0.478 e. The average Bonchev–Trinajstić information content (AvgIpc) is 3.09. The summed E-state index contributed by atoms with van der Waals surface area (Å²) in [5.74, 6) is -1.70. The number of carbonyl (C=O) groups excluding carboxylic acids is 1. The summed E-state index contributed by atoms with van der Waals surface area (Å²) in [6, 6.07) is 15.6. The minimum absolute atomic E-state index is 0.0109. The summed E-state index contributed by atoms with van der Waals surface area (Å²) in [6.07, 6.45) is -0.862. The molecule has 0 heterocycles. The number of rotatable bonds is 5. The number of halogens is 3. The Balaban J connectivity index is 1.68. The Bertz CT molecular complexity index is 1310. The Labute approximate surface area is 201 Å². The van der Waals surface area contributed by atoms with Gasteiger partial charge in [0, 0.05) is 13.0 Å². The van der Waals surface area contributed by atoms with Gasteiger partial charge in [-0.25, -0.2) is 9.59 Å². The van der Waals surface area contributed by atoms with Crippen molar-refractivity contribution in [3.63, 3.8) is 0 Å². The lowest BCUT2D eigenvalue weighted by Crippen LogP contribution is -2.42. The summed E-state index contributed by atoms with van der Waals surface area (Å²) in [4.78, 5) is 25.8. The van der Waals surface area contributed by atoms with Crippen LogP contribution in [0.25, 0.3) is 11.1 Å². The lowest BCUT2D eigenvalue weighted by molar-refractivity contribution is 0.0695. The van der Waals surface area contributed by atoms with Crippen LogP contribution in [-0.4, -0.2) is 37.8 Å². The maximum Gasteiger partial charge on any atom is 0.510 e. The van der Waals surface area contributed by atoms with Gasteiger partial charge in [-0.15, -0.1) is 0 Å². The molecular formula is C26H24BF3NO4-. The average molecular weight is 482 g/mol. The van der Waals surface area contributed by atoms with Gasteiger partial charge >= 0.3 is 19.0 Å². The van der Waals surface area contributed by atoms with E-state index in [1.807, 2.05) is 48.5 Å². The number of anilines is 1. The third-order valence-electron chi connectivity index (χ3n) is 6.75. The van der Waals surface area contributed by atoms with E-state index in [1.165, 1.54) is 20.9 Å². The number of hydrogen-bond donors (Lipinski definition) is 1. The predicted molar refractivity (Wildman–Crippen MR) is 130 cm³/mol. The molecule has 1 amide bonds. The van der Waals surface area contributed by atoms with Crippen molar-refractivity contribution >= 4 is 30.2 Å². The highest BCUT2D eigenvalue weighted by Gasteiger charge is 2.36. The first kappa shape index (κ1) is 24.4. The highest BCUT2D eigenvalue weighted by molar-refractivity contribution is 6.74. The van der Waals surface area contributed by atoms with Crippen molar-refractivity contribution in [3.05, 3.63) is 81.9 Å². The highest BCUT2D eigenvalue weighted by atomic mass is 19.4. The molecule has 9 heteroatoms. The number of carbonyl (C=O) groups is 2. The zero-order chi connectivity index (χ0) is 25.7. The quantitative estimate of drug-likeness (QED) is 0.471. The van der Waals surface area contributed by atoms with E-state index in [-0.39, 0.29) is 34.9 Å². The number of ether oxygens (including phenoxy) is 1. The van der Waals surface area contributed by atoms with Gasteiger partial charge in [0.15, 0.2) is 0 Å². The van der Waals surface area contributed by atoms with Crippen LogP contribution in [0.2, 0.25) is 0 Å². The summed E-state index contributed by atoms with van der Waals surface area (Å²) in [5, 5.41) is 9.61. The van der Waals surface area contributed by atoms with Crippen molar-refractivity contribution < 1.29 is 32.4 Å². The SMILES string of the molecule is Cc1c(C(=O)O)c(C)c([B-](F)(F)F)c(C)c1N(C)C(=O)OCC1c2ccccc2-c2ccccc21. The van der Waals surface area contributed by atoms with Gasteiger partial charge in [0.25, 0.3) is 0 Å². The monoisotopic (exact) mass is 482 g/mol. The second-order valence-electron chi connectivity index (χ2n) is 8.76. The first-order valence-electron chi connectivity index (χ1n) is 11.1. The summed E-state index contributed by atoms with van der Waals surface area (Å²) < 4.78 is 47.3. The van der Waals surface area contributed by atoms with Crippen molar-refractivity contribution in [2.45, 2.75) is 26.7 Å². The lowest BCUT2D eigenvalue weighted by atomic mass is 9.71. The number of carboxylic acids is 1. The van der Waals surface area contributed by atoms with E-state index < -0.39 is 30.1 Å². The molecule has 182 valence electrons. The second kappa shape index (κ2) is 8.80. The molecule has 3 aromatic rings. The Kier molecular flexibility index (Phi) is 6.13. The highest BCUT2D eigenvalue weighted by Crippen LogP contribution is 2.44. The molecule has 0 fully saturated rings. The molecule has 0 unspecified atom stereocenters. The van der Waals surface area contributed by atoms with Crippen LogP contribution in [0, 0.1) is 20.8 Å². The number of fused-ring (bicyclic) bond motifs is 3. The van der Waals surface area contributed by atoms with Gasteiger partial charge in [0.1, 0.15) is 6.61 Å². The van der Waals surface area contributed by atoms with Gasteiger partial charge in [-0.1, -0.05) is 65.1 Å². The van der Waals surface area contributed by atoms with Crippen LogP contribution in [0.1, 0.15) is 44.1 Å². The molecule has 0 aromatic heterocycles. The fourth-order valence-electron chi connectivity index (χ4n) is 5.32. The van der Waals surface area contributed by atoms with Gasteiger partial charge in [0.05, 0.1) is 11.3 Å². The third kappa shape index (κ3) is 4.05. The van der Waals surface area contributed by atoms with Gasteiger partial charge in [-0.3, -0.25) is 4.90 Å². The fourth-order valence-corrected chi connectivity index (χ4v) is 5.32. The van der Waals surface area contributed by atoms with Crippen molar-refractivity contribution in [1.82, 2.24) is 0 Å². The molecule has 0 atom stereocenters. The van der Waals surface area contributed by atoms with Gasteiger partial charge in [-0.2, -0.15) is 0 Å². The van der Waals surface area contributed by atoms with Crippen molar-refractivity contribution in [2.24, 2.45) is 0 Å². The van der Waals surface area contributed by atoms with E-state index in [9.17, 15) is 27.6 Å². The first-order valence-corrected chi connectivity index (χ1v) is 11.1. The molecule has 0 radical (unpaired) electrons. The number of benzene rings is 3. The molecule has 0 spiro atoms. The lowest BCUT2D eigenvalue weighted by Gasteiger charge is -2.30. The van der Waals surface area contributed by atoms with Crippen molar-refractivity contribution in [1.29, 1.82) is 0 Å². The summed E-state index contributed by atoms with van der Waals surface area (Å²) in [7, 11) is 1.29. The maximum atomic E-state index is 13.9. The van der Waals surface area contributed by atoms with Crippen LogP contribution in [-0.2, 0) is 4.74 Å². The smallest absolute Gasteiger partial charge is 0.478 e. The molecule has 35 heavy (non-hydrogen) atoms. The number of hydrogen-bond acceptors (Lipinski definition) is 3. The van der Waals surface area contributed by atoms with Crippen LogP contribution in [0.4, 0.5) is 23.4 Å². The summed E-state index contributed by atoms with van der Waals surface area (Å²) >= 11 is 0. The molecule has 4 rings (SSSR count). The Morgan fingerprint density at radius 2 is 1.43 bits per heavy atom. The van der Waals surface area contributed by atoms with E-state index in [0.717, 1.165) is 34.1 Å². The molecule has 3 aromatic carbocycles. The molecule has 1 N–H and O–H groups in total. The van der Waals surface area contributed by atoms with Crippen molar-refractivity contribution in [3.8, 4) is 11.1 Å². The van der Waals surface area contributed by atoms with E-state index in [1.54, 1.807) is 0 Å². The van der Waals surface area contributed by atoms with Gasteiger partial charge < -0.3 is 22.8 Å². The molecular weight excluding hydrogens is 458 g/mol. The standard InChI is InChI=1S/C26H24BF3NO4/c1-14-22(25(32)33)15(2)24(16(3)23(14)27(28,29)30)31(4)26(34)35-13-21-19-11-7-5-9-17(19)18-10-6-8-12-20(18)21/h5-12,21H,13H2,1-4H3,(H,32,33)/q-1. The van der Waals surface area contributed by atoms with E-state index in [4.69, 9.17) is 4.74 Å². The molecule has 1 aliphatic rings. The van der Waals surface area contributed by atoms with Gasteiger partial charge in [0.2, 0.25) is 0 Å². The second-order valence-corrected chi connectivity index (χ2v) is 8.76. The zero-order valence-corrected chi connectivity index (χ0v) is 19.7. The van der Waals surface area contributed by atoms with Crippen LogP contribution in [0.3, 0.4) is 0 Å². The zero-order valence-electron chi connectivity index (χ0n) is 19.7. The Morgan fingerprint density at radius 1 is 0.914 bits per heavy atom. The molecule has 1 aliphatic carbocycles. The maximum absolute atomic E-state index is 13.9. The summed E-state index contributed by atoms with van der Waals surface area (Å²) in [6.45, 7) is -1.73. The number of nitrogens with zero attached hydrogens (tertiary/aromatic N) is 1. The first-order chi connectivity index (χ1) is 16.4. The Hall–Kier alpha value is -3.75. The van der Waals surface area contributed by atoms with Crippen LogP contribution < -0.4 is 10.4 Å². The molecule has 5 nitrogen and oxygen atoms in total. The van der Waals surface area contributed by atoms with E-state index in [0.29, 0.717) is 0 Å². The number of amides is 1. The number of carboxylic acid groups (broad SMARTS) is 1. The predicted octanol–water partition coefficient (Wildman–Crippen LogP) is 5.75. The topological polar surface area (TPSA) is 66.8 Å². The van der Waals surface area contributed by atoms with Crippen LogP contribution >= 0.6 is 0 Å². The van der Waals surface area contributed by atoms with Crippen LogP contribution in [0.5, 0.6) is 0 Å².